The molecule has 84 valence electrons. The highest BCUT2D eigenvalue weighted by Crippen LogP contribution is 2.63. The predicted octanol–water partition coefficient (Wildman–Crippen LogP) is 2.75. The van der Waals surface area contributed by atoms with E-state index in [-0.39, 0.29) is 11.3 Å². The van der Waals surface area contributed by atoms with Crippen LogP contribution in [0.15, 0.2) is 24.3 Å². The molecule has 2 bridgehead atoms. The van der Waals surface area contributed by atoms with Crippen molar-refractivity contribution in [2.24, 2.45) is 11.8 Å². The van der Waals surface area contributed by atoms with Gasteiger partial charge in [0.25, 0.3) is 0 Å². The lowest BCUT2D eigenvalue weighted by atomic mass is 9.62. The van der Waals surface area contributed by atoms with E-state index in [2.05, 4.69) is 25.1 Å². The van der Waals surface area contributed by atoms with Gasteiger partial charge in [-0.15, -0.1) is 0 Å². The Balaban J connectivity index is 2.03. The maximum absolute atomic E-state index is 11.3. The first-order valence-corrected chi connectivity index (χ1v) is 5.92. The van der Waals surface area contributed by atoms with Crippen molar-refractivity contribution in [3.05, 3.63) is 35.4 Å². The molecule has 0 amide bonds. The van der Waals surface area contributed by atoms with Gasteiger partial charge in [-0.05, 0) is 37.7 Å². The first kappa shape index (κ1) is 9.88. The fraction of sp³-hybridized carbons (Fsp3) is 0.500. The van der Waals surface area contributed by atoms with E-state index in [0.29, 0.717) is 5.92 Å². The van der Waals surface area contributed by atoms with Crippen LogP contribution in [-0.2, 0) is 10.2 Å². The molecule has 2 heteroatoms. The fourth-order valence-corrected chi connectivity index (χ4v) is 3.71. The van der Waals surface area contributed by atoms with Crippen LogP contribution in [0.3, 0.4) is 0 Å². The van der Waals surface area contributed by atoms with Gasteiger partial charge in [0.1, 0.15) is 0 Å². The molecule has 3 saturated carbocycles. The average molecular weight is 216 g/mol. The average Bonchev–Trinajstić information content (AvgIpc) is 2.71. The molecule has 0 saturated heterocycles. The minimum Gasteiger partial charge on any atom is -0.481 e. The lowest BCUT2D eigenvalue weighted by Gasteiger charge is -2.41. The van der Waals surface area contributed by atoms with E-state index in [1.54, 1.807) is 0 Å². The Morgan fingerprint density at radius 3 is 2.81 bits per heavy atom. The summed E-state index contributed by atoms with van der Waals surface area (Å²) in [7, 11) is 0. The Morgan fingerprint density at radius 1 is 1.44 bits per heavy atom. The van der Waals surface area contributed by atoms with Gasteiger partial charge in [-0.3, -0.25) is 4.79 Å². The number of rotatable bonds is 2. The van der Waals surface area contributed by atoms with Crippen molar-refractivity contribution in [1.82, 2.24) is 0 Å². The molecule has 2 nitrogen and oxygen atoms in total. The maximum Gasteiger partial charge on any atom is 0.307 e. The summed E-state index contributed by atoms with van der Waals surface area (Å²) in [4.78, 5) is 11.3. The summed E-state index contributed by atoms with van der Waals surface area (Å²) in [6, 6.07) is 8.38. The van der Waals surface area contributed by atoms with E-state index >= 15 is 0 Å². The predicted molar refractivity (Wildman–Crippen MR) is 61.3 cm³/mol. The topological polar surface area (TPSA) is 37.3 Å². The van der Waals surface area contributed by atoms with E-state index in [0.717, 1.165) is 19.3 Å². The number of carboxylic acids is 1. The summed E-state index contributed by atoms with van der Waals surface area (Å²) < 4.78 is 0. The summed E-state index contributed by atoms with van der Waals surface area (Å²) >= 11 is 0. The summed E-state index contributed by atoms with van der Waals surface area (Å²) in [5.74, 6) is -0.109. The second-order valence-electron chi connectivity index (χ2n) is 5.43. The molecular formula is C14H16O2. The monoisotopic (exact) mass is 216 g/mol. The van der Waals surface area contributed by atoms with Crippen molar-refractivity contribution in [1.29, 1.82) is 0 Å². The van der Waals surface area contributed by atoms with Gasteiger partial charge in [-0.1, -0.05) is 29.8 Å². The summed E-state index contributed by atoms with van der Waals surface area (Å²) in [6.45, 7) is 2.07. The van der Waals surface area contributed by atoms with Gasteiger partial charge in [-0.25, -0.2) is 0 Å². The molecular weight excluding hydrogens is 200 g/mol. The van der Waals surface area contributed by atoms with Crippen LogP contribution < -0.4 is 0 Å². The second kappa shape index (κ2) is 3.09. The molecule has 0 aromatic heterocycles. The van der Waals surface area contributed by atoms with Crippen LogP contribution in [0, 0.1) is 18.8 Å². The molecule has 4 rings (SSSR count). The Morgan fingerprint density at radius 2 is 2.19 bits per heavy atom. The Bertz CT molecular complexity index is 444. The molecule has 0 heterocycles. The van der Waals surface area contributed by atoms with Crippen LogP contribution in [-0.4, -0.2) is 11.1 Å². The van der Waals surface area contributed by atoms with Gasteiger partial charge >= 0.3 is 5.97 Å². The molecule has 3 aliphatic carbocycles. The standard InChI is InChI=1S/C14H16O2/c1-9-3-2-4-11(5-9)14-7-10(8-14)6-12(14)13(15)16/h2-5,10,12H,6-8H2,1H3,(H,15,16). The van der Waals surface area contributed by atoms with Crippen molar-refractivity contribution in [3.63, 3.8) is 0 Å². The summed E-state index contributed by atoms with van der Waals surface area (Å²) in [5.41, 5.74) is 2.43. The molecule has 1 aromatic carbocycles. The quantitative estimate of drug-likeness (QED) is 0.825. The highest BCUT2D eigenvalue weighted by Gasteiger charge is 2.60. The molecule has 1 N–H and O–H groups in total. The van der Waals surface area contributed by atoms with Crippen molar-refractivity contribution in [3.8, 4) is 0 Å². The normalized spacial score (nSPS) is 35.8. The highest BCUT2D eigenvalue weighted by molar-refractivity contribution is 5.74. The molecule has 1 atom stereocenters. The van der Waals surface area contributed by atoms with Gasteiger partial charge in [0.15, 0.2) is 0 Å². The minimum atomic E-state index is -0.610. The molecule has 3 aliphatic rings. The lowest BCUT2D eigenvalue weighted by molar-refractivity contribution is -0.143. The Hall–Kier alpha value is -1.31. The Kier molecular flexibility index (Phi) is 1.91. The van der Waals surface area contributed by atoms with Crippen LogP contribution in [0.4, 0.5) is 0 Å². The molecule has 1 aromatic rings. The smallest absolute Gasteiger partial charge is 0.307 e. The van der Waals surface area contributed by atoms with Crippen molar-refractivity contribution < 1.29 is 9.90 Å². The zero-order chi connectivity index (χ0) is 11.3. The van der Waals surface area contributed by atoms with Gasteiger partial charge in [-0.2, -0.15) is 0 Å². The highest BCUT2D eigenvalue weighted by atomic mass is 16.4. The fourth-order valence-electron chi connectivity index (χ4n) is 3.71. The van der Waals surface area contributed by atoms with Crippen LogP contribution in [0.25, 0.3) is 0 Å². The number of hydrogen-bond donors (Lipinski definition) is 1. The molecule has 16 heavy (non-hydrogen) atoms. The molecule has 0 radical (unpaired) electrons. The largest absolute Gasteiger partial charge is 0.481 e. The zero-order valence-electron chi connectivity index (χ0n) is 9.44. The lowest BCUT2D eigenvalue weighted by Crippen LogP contribution is -2.39. The first-order chi connectivity index (χ1) is 7.62. The van der Waals surface area contributed by atoms with E-state index < -0.39 is 5.97 Å². The van der Waals surface area contributed by atoms with E-state index in [9.17, 15) is 9.90 Å². The number of aliphatic carboxylic acids is 1. The molecule has 3 fully saturated rings. The van der Waals surface area contributed by atoms with E-state index in [4.69, 9.17) is 0 Å². The summed E-state index contributed by atoms with van der Waals surface area (Å²) in [5, 5.41) is 9.31. The molecule has 0 spiro atoms. The molecule has 1 unspecified atom stereocenters. The first-order valence-electron chi connectivity index (χ1n) is 5.92. The van der Waals surface area contributed by atoms with Gasteiger partial charge in [0, 0.05) is 5.41 Å². The van der Waals surface area contributed by atoms with Crippen molar-refractivity contribution in [2.75, 3.05) is 0 Å². The van der Waals surface area contributed by atoms with E-state index in [1.807, 2.05) is 6.07 Å². The number of hydrogen-bond acceptors (Lipinski definition) is 1. The van der Waals surface area contributed by atoms with Crippen molar-refractivity contribution in [2.45, 2.75) is 31.6 Å². The maximum atomic E-state index is 11.3. The van der Waals surface area contributed by atoms with Crippen LogP contribution >= 0.6 is 0 Å². The van der Waals surface area contributed by atoms with Crippen LogP contribution in [0.1, 0.15) is 30.4 Å². The number of carbonyl (C=O) groups is 1. The SMILES string of the molecule is Cc1cccc(C23CC(CC2C(=O)O)C3)c1. The Labute approximate surface area is 95.3 Å². The third-order valence-electron chi connectivity index (χ3n) is 4.43. The second-order valence-corrected chi connectivity index (χ2v) is 5.43. The summed E-state index contributed by atoms with van der Waals surface area (Å²) in [6.07, 6.45) is 3.03. The third kappa shape index (κ3) is 1.16. The van der Waals surface area contributed by atoms with Crippen LogP contribution in [0.5, 0.6) is 0 Å². The van der Waals surface area contributed by atoms with E-state index in [1.165, 1.54) is 11.1 Å². The van der Waals surface area contributed by atoms with Gasteiger partial charge in [0.2, 0.25) is 0 Å². The number of carboxylic acid groups (broad SMARTS) is 1. The minimum absolute atomic E-state index is 0.0392. The molecule has 0 aliphatic heterocycles. The van der Waals surface area contributed by atoms with Gasteiger partial charge < -0.3 is 5.11 Å². The van der Waals surface area contributed by atoms with Crippen LogP contribution in [0.2, 0.25) is 0 Å². The zero-order valence-corrected chi connectivity index (χ0v) is 9.44. The van der Waals surface area contributed by atoms with Crippen molar-refractivity contribution >= 4 is 5.97 Å². The number of aryl methyl sites for hydroxylation is 1. The number of fused-ring (bicyclic) bond motifs is 1. The third-order valence-corrected chi connectivity index (χ3v) is 4.43. The number of benzene rings is 1. The van der Waals surface area contributed by atoms with Gasteiger partial charge in [0.05, 0.1) is 5.92 Å².